The van der Waals surface area contributed by atoms with Gasteiger partial charge >= 0.3 is 12.2 Å². The van der Waals surface area contributed by atoms with Crippen molar-refractivity contribution < 1.29 is 18.0 Å². The van der Waals surface area contributed by atoms with Crippen molar-refractivity contribution in [2.24, 2.45) is 7.05 Å². The molecule has 0 aliphatic carbocycles. The normalized spacial score (nSPS) is 14.1. The second kappa shape index (κ2) is 6.90. The average molecular weight is 341 g/mol. The van der Waals surface area contributed by atoms with Gasteiger partial charge in [0, 0.05) is 7.05 Å². The number of halogens is 3. The van der Waals surface area contributed by atoms with Crippen LogP contribution < -0.4 is 10.6 Å². The topological polar surface area (TPSA) is 71.8 Å². The first kappa shape index (κ1) is 17.8. The zero-order valence-corrected chi connectivity index (χ0v) is 13.4. The molecule has 0 radical (unpaired) electrons. The number of amides is 2. The van der Waals surface area contributed by atoms with Gasteiger partial charge in [0.05, 0.1) is 17.6 Å². The van der Waals surface area contributed by atoms with Gasteiger partial charge in [0.25, 0.3) is 0 Å². The number of carbonyl (C=O) groups is 1. The largest absolute Gasteiger partial charge is 0.416 e. The van der Waals surface area contributed by atoms with Gasteiger partial charge < -0.3 is 15.2 Å². The van der Waals surface area contributed by atoms with Gasteiger partial charge in [-0.15, -0.1) is 10.2 Å². The minimum absolute atomic E-state index is 0.367. The Hall–Kier alpha value is -2.58. The predicted molar refractivity (Wildman–Crippen MR) is 80.9 cm³/mol. The lowest BCUT2D eigenvalue weighted by molar-refractivity contribution is -0.137. The quantitative estimate of drug-likeness (QED) is 0.898. The molecule has 0 aliphatic heterocycles. The summed E-state index contributed by atoms with van der Waals surface area (Å²) in [4.78, 5) is 12.0. The molecule has 1 aromatic carbocycles. The summed E-state index contributed by atoms with van der Waals surface area (Å²) in [6, 6.07) is 3.38. The molecule has 6 nitrogen and oxygen atoms in total. The van der Waals surface area contributed by atoms with Gasteiger partial charge in [-0.05, 0) is 31.5 Å². The molecule has 24 heavy (non-hydrogen) atoms. The number of aryl methyl sites for hydroxylation is 1. The Balaban J connectivity index is 2.00. The molecule has 2 N–H and O–H groups in total. The van der Waals surface area contributed by atoms with Crippen LogP contribution in [-0.2, 0) is 13.2 Å². The van der Waals surface area contributed by atoms with E-state index in [0.717, 1.165) is 12.1 Å². The summed E-state index contributed by atoms with van der Waals surface area (Å²) >= 11 is 0. The van der Waals surface area contributed by atoms with Gasteiger partial charge in [-0.25, -0.2) is 4.79 Å². The summed E-state index contributed by atoms with van der Waals surface area (Å²) in [5, 5.41) is 12.9. The van der Waals surface area contributed by atoms with E-state index in [9.17, 15) is 18.0 Å². The molecule has 1 heterocycles. The van der Waals surface area contributed by atoms with Crippen LogP contribution in [0, 0.1) is 0 Å². The van der Waals surface area contributed by atoms with Gasteiger partial charge in [-0.3, -0.25) is 0 Å². The maximum Gasteiger partial charge on any atom is 0.416 e. The van der Waals surface area contributed by atoms with E-state index in [-0.39, 0.29) is 0 Å². The lowest BCUT2D eigenvalue weighted by Gasteiger charge is -2.19. The first-order chi connectivity index (χ1) is 11.2. The highest BCUT2D eigenvalue weighted by Crippen LogP contribution is 2.30. The number of carbonyl (C=O) groups excluding carboxylic acids is 1. The second-order valence-corrected chi connectivity index (χ2v) is 5.48. The highest BCUT2D eigenvalue weighted by atomic mass is 19.4. The summed E-state index contributed by atoms with van der Waals surface area (Å²) in [6.07, 6.45) is -2.91. The molecule has 0 fully saturated rings. The number of rotatable bonds is 4. The van der Waals surface area contributed by atoms with Gasteiger partial charge in [0.15, 0.2) is 5.82 Å². The maximum absolute atomic E-state index is 12.7. The smallest absolute Gasteiger partial charge is 0.332 e. The second-order valence-electron chi connectivity index (χ2n) is 5.48. The molecule has 1 aromatic heterocycles. The van der Waals surface area contributed by atoms with Gasteiger partial charge in [-0.1, -0.05) is 12.1 Å². The highest BCUT2D eigenvalue weighted by Gasteiger charge is 2.30. The van der Waals surface area contributed by atoms with E-state index >= 15 is 0 Å². The fourth-order valence-electron chi connectivity index (χ4n) is 2.25. The zero-order valence-electron chi connectivity index (χ0n) is 13.4. The Morgan fingerprint density at radius 1 is 1.21 bits per heavy atom. The Morgan fingerprint density at radius 3 is 2.46 bits per heavy atom. The Kier molecular flexibility index (Phi) is 5.10. The molecule has 2 atom stereocenters. The molecule has 0 spiro atoms. The van der Waals surface area contributed by atoms with E-state index in [4.69, 9.17) is 0 Å². The minimum atomic E-state index is -4.42. The lowest BCUT2D eigenvalue weighted by atomic mass is 10.1. The van der Waals surface area contributed by atoms with Crippen molar-refractivity contribution in [3.05, 3.63) is 47.5 Å². The van der Waals surface area contributed by atoms with Crippen LogP contribution in [0.3, 0.4) is 0 Å². The van der Waals surface area contributed by atoms with Gasteiger partial charge in [0.1, 0.15) is 6.33 Å². The first-order valence-corrected chi connectivity index (χ1v) is 7.26. The van der Waals surface area contributed by atoms with Crippen LogP contribution in [0.25, 0.3) is 0 Å². The third kappa shape index (κ3) is 4.24. The third-order valence-corrected chi connectivity index (χ3v) is 3.54. The molecule has 0 aliphatic rings. The van der Waals surface area contributed by atoms with Crippen molar-refractivity contribution >= 4 is 6.03 Å². The average Bonchev–Trinajstić information content (AvgIpc) is 2.92. The number of aromatic nitrogens is 3. The van der Waals surface area contributed by atoms with E-state index < -0.39 is 29.9 Å². The van der Waals surface area contributed by atoms with Crippen LogP contribution in [0.15, 0.2) is 30.6 Å². The fourth-order valence-corrected chi connectivity index (χ4v) is 2.25. The van der Waals surface area contributed by atoms with Crippen molar-refractivity contribution in [3.8, 4) is 0 Å². The molecular formula is C15H18F3N5O. The van der Waals surface area contributed by atoms with Crippen LogP contribution in [0.1, 0.15) is 42.9 Å². The van der Waals surface area contributed by atoms with E-state index in [1.54, 1.807) is 25.5 Å². The highest BCUT2D eigenvalue weighted by molar-refractivity contribution is 5.74. The van der Waals surface area contributed by atoms with Crippen LogP contribution in [0.4, 0.5) is 18.0 Å². The van der Waals surface area contributed by atoms with Crippen LogP contribution in [0.5, 0.6) is 0 Å². The molecule has 0 saturated carbocycles. The zero-order chi connectivity index (χ0) is 17.9. The van der Waals surface area contributed by atoms with Crippen LogP contribution in [-0.4, -0.2) is 20.8 Å². The van der Waals surface area contributed by atoms with Crippen LogP contribution in [0.2, 0.25) is 0 Å². The number of nitrogens with zero attached hydrogens (tertiary/aromatic N) is 3. The molecule has 9 heteroatoms. The SMILES string of the molecule is CC(NC(=O)NC(C)c1nncn1C)c1cccc(C(F)(F)F)c1. The molecule has 2 amide bonds. The molecular weight excluding hydrogens is 323 g/mol. The fraction of sp³-hybridized carbons (Fsp3) is 0.400. The van der Waals surface area contributed by atoms with Crippen molar-refractivity contribution in [1.29, 1.82) is 0 Å². The summed E-state index contributed by atoms with van der Waals surface area (Å²) in [6.45, 7) is 3.35. The molecule has 0 saturated heterocycles. The number of hydrogen-bond acceptors (Lipinski definition) is 3. The maximum atomic E-state index is 12.7. The van der Waals surface area contributed by atoms with E-state index in [2.05, 4.69) is 20.8 Å². The number of nitrogens with one attached hydrogen (secondary N) is 2. The number of alkyl halides is 3. The summed E-state index contributed by atoms with van der Waals surface area (Å²) in [7, 11) is 1.75. The van der Waals surface area contributed by atoms with Gasteiger partial charge in [-0.2, -0.15) is 13.2 Å². The Morgan fingerprint density at radius 2 is 1.88 bits per heavy atom. The Labute approximate surface area is 137 Å². The monoisotopic (exact) mass is 341 g/mol. The van der Waals surface area contributed by atoms with E-state index in [1.165, 1.54) is 18.5 Å². The standard InChI is InChI=1S/C15H18F3N5O/c1-9(11-5-4-6-12(7-11)15(16,17)18)20-14(24)21-10(2)13-22-19-8-23(13)3/h4-10H,1-3H3,(H2,20,21,24). The molecule has 0 bridgehead atoms. The number of benzene rings is 1. The molecule has 2 unspecified atom stereocenters. The Bertz CT molecular complexity index is 713. The minimum Gasteiger partial charge on any atom is -0.332 e. The molecule has 130 valence electrons. The van der Waals surface area contributed by atoms with Crippen molar-refractivity contribution in [3.63, 3.8) is 0 Å². The summed E-state index contributed by atoms with van der Waals surface area (Å²) in [5.41, 5.74) is -0.382. The van der Waals surface area contributed by atoms with E-state index in [1.807, 2.05) is 0 Å². The van der Waals surface area contributed by atoms with Crippen molar-refractivity contribution in [1.82, 2.24) is 25.4 Å². The van der Waals surface area contributed by atoms with Crippen molar-refractivity contribution in [2.45, 2.75) is 32.1 Å². The third-order valence-electron chi connectivity index (χ3n) is 3.54. The predicted octanol–water partition coefficient (Wildman–Crippen LogP) is 2.96. The summed E-state index contributed by atoms with van der Waals surface area (Å²) < 4.78 is 39.9. The number of hydrogen-bond donors (Lipinski definition) is 2. The van der Waals surface area contributed by atoms with E-state index in [0.29, 0.717) is 11.4 Å². The molecule has 2 aromatic rings. The molecule has 2 rings (SSSR count). The first-order valence-electron chi connectivity index (χ1n) is 7.26. The van der Waals surface area contributed by atoms with Gasteiger partial charge in [0.2, 0.25) is 0 Å². The summed E-state index contributed by atoms with van der Waals surface area (Å²) in [5.74, 6) is 0.567. The lowest BCUT2D eigenvalue weighted by Crippen LogP contribution is -2.39. The van der Waals surface area contributed by atoms with Crippen molar-refractivity contribution in [2.75, 3.05) is 0 Å². The van der Waals surface area contributed by atoms with Crippen LogP contribution >= 0.6 is 0 Å². The number of urea groups is 1.